The van der Waals surface area contributed by atoms with Crippen molar-refractivity contribution in [3.63, 3.8) is 0 Å². The molecule has 0 saturated heterocycles. The van der Waals surface area contributed by atoms with E-state index in [1.807, 2.05) is 17.8 Å². The van der Waals surface area contributed by atoms with E-state index in [1.54, 1.807) is 38.6 Å². The predicted molar refractivity (Wildman–Crippen MR) is 75.4 cm³/mol. The van der Waals surface area contributed by atoms with E-state index >= 15 is 0 Å². The number of nitrogens with zero attached hydrogens (tertiary/aromatic N) is 2. The van der Waals surface area contributed by atoms with Crippen molar-refractivity contribution < 1.29 is 14.3 Å². The summed E-state index contributed by atoms with van der Waals surface area (Å²) in [5, 5.41) is 0. The van der Waals surface area contributed by atoms with Gasteiger partial charge < -0.3 is 14.0 Å². The van der Waals surface area contributed by atoms with E-state index in [9.17, 15) is 4.79 Å². The van der Waals surface area contributed by atoms with Gasteiger partial charge in [0.1, 0.15) is 5.82 Å². The van der Waals surface area contributed by atoms with Crippen LogP contribution in [0.3, 0.4) is 0 Å². The van der Waals surface area contributed by atoms with Crippen LogP contribution in [0.5, 0.6) is 11.5 Å². The fraction of sp³-hybridized carbons (Fsp3) is 0.333. The van der Waals surface area contributed by atoms with Crippen LogP contribution >= 0.6 is 0 Å². The van der Waals surface area contributed by atoms with E-state index in [2.05, 4.69) is 4.98 Å². The zero-order valence-electron chi connectivity index (χ0n) is 11.9. The van der Waals surface area contributed by atoms with Crippen molar-refractivity contribution in [3.05, 3.63) is 42.0 Å². The normalized spacial score (nSPS) is 10.3. The van der Waals surface area contributed by atoms with Gasteiger partial charge in [0.25, 0.3) is 0 Å². The summed E-state index contributed by atoms with van der Waals surface area (Å²) < 4.78 is 12.3. The first kappa shape index (κ1) is 14.1. The maximum atomic E-state index is 12.2. The van der Waals surface area contributed by atoms with Crippen LogP contribution in [0.1, 0.15) is 22.6 Å². The summed E-state index contributed by atoms with van der Waals surface area (Å²) >= 11 is 0. The molecule has 0 bridgehead atoms. The number of ketones is 1. The minimum absolute atomic E-state index is 0.0638. The van der Waals surface area contributed by atoms with Gasteiger partial charge in [-0.15, -0.1) is 0 Å². The third kappa shape index (κ3) is 2.99. The second kappa shape index (κ2) is 6.23. The summed E-state index contributed by atoms with van der Waals surface area (Å²) in [4.78, 5) is 16.4. The smallest absolute Gasteiger partial charge is 0.163 e. The van der Waals surface area contributed by atoms with Crippen molar-refractivity contribution >= 4 is 5.78 Å². The van der Waals surface area contributed by atoms with Gasteiger partial charge in [-0.1, -0.05) is 0 Å². The maximum absolute atomic E-state index is 12.2. The summed E-state index contributed by atoms with van der Waals surface area (Å²) in [6, 6.07) is 5.20. The van der Waals surface area contributed by atoms with Crippen molar-refractivity contribution in [2.75, 3.05) is 14.2 Å². The van der Waals surface area contributed by atoms with Crippen LogP contribution < -0.4 is 9.47 Å². The highest BCUT2D eigenvalue weighted by atomic mass is 16.5. The number of aromatic nitrogens is 2. The molecule has 0 N–H and O–H groups in total. The van der Waals surface area contributed by atoms with Gasteiger partial charge in [-0.3, -0.25) is 4.79 Å². The first-order chi connectivity index (χ1) is 9.65. The van der Waals surface area contributed by atoms with Gasteiger partial charge in [0.05, 0.1) is 14.2 Å². The molecule has 106 valence electrons. The lowest BCUT2D eigenvalue weighted by Crippen LogP contribution is -2.05. The van der Waals surface area contributed by atoms with Crippen LogP contribution in [-0.2, 0) is 13.5 Å². The fourth-order valence-corrected chi connectivity index (χ4v) is 2.02. The molecular weight excluding hydrogens is 256 g/mol. The first-order valence-corrected chi connectivity index (χ1v) is 6.37. The molecule has 5 nitrogen and oxygen atoms in total. The number of carbonyl (C=O) groups is 1. The van der Waals surface area contributed by atoms with Gasteiger partial charge >= 0.3 is 0 Å². The molecule has 0 fully saturated rings. The average Bonchev–Trinajstić information content (AvgIpc) is 2.89. The summed E-state index contributed by atoms with van der Waals surface area (Å²) in [7, 11) is 5.05. The quantitative estimate of drug-likeness (QED) is 0.758. The molecule has 5 heteroatoms. The average molecular weight is 274 g/mol. The van der Waals surface area contributed by atoms with E-state index in [4.69, 9.17) is 9.47 Å². The minimum atomic E-state index is 0.0638. The Morgan fingerprint density at radius 1 is 1.25 bits per heavy atom. The molecule has 20 heavy (non-hydrogen) atoms. The molecule has 0 saturated carbocycles. The van der Waals surface area contributed by atoms with E-state index in [0.29, 0.717) is 29.9 Å². The maximum Gasteiger partial charge on any atom is 0.163 e. The molecule has 1 aromatic carbocycles. The molecule has 0 unspecified atom stereocenters. The van der Waals surface area contributed by atoms with Crippen molar-refractivity contribution in [2.45, 2.75) is 12.8 Å². The van der Waals surface area contributed by atoms with Crippen LogP contribution in [0.4, 0.5) is 0 Å². The Morgan fingerprint density at radius 3 is 2.60 bits per heavy atom. The van der Waals surface area contributed by atoms with Crippen molar-refractivity contribution in [2.24, 2.45) is 7.05 Å². The second-order valence-corrected chi connectivity index (χ2v) is 4.45. The molecule has 1 aromatic heterocycles. The first-order valence-electron chi connectivity index (χ1n) is 6.37. The van der Waals surface area contributed by atoms with Gasteiger partial charge in [0, 0.05) is 37.8 Å². The van der Waals surface area contributed by atoms with E-state index in [0.717, 1.165) is 5.82 Å². The molecule has 0 aliphatic carbocycles. The number of methoxy groups -OCH3 is 2. The zero-order valence-corrected chi connectivity index (χ0v) is 11.9. The van der Waals surface area contributed by atoms with Crippen LogP contribution in [-0.4, -0.2) is 29.6 Å². The fourth-order valence-electron chi connectivity index (χ4n) is 2.02. The molecule has 0 atom stereocenters. The monoisotopic (exact) mass is 274 g/mol. The molecule has 0 radical (unpaired) electrons. The van der Waals surface area contributed by atoms with Gasteiger partial charge in [-0.05, 0) is 18.2 Å². The number of ether oxygens (including phenoxy) is 2. The molecule has 2 aromatic rings. The molecule has 1 heterocycles. The number of Topliss-reactive ketones (excluding diaryl/α,β-unsaturated/α-hetero) is 1. The standard InChI is InChI=1S/C15H18N2O3/c1-17-9-8-16-15(17)7-5-12(18)11-4-6-13(19-2)14(10-11)20-3/h4,6,8-10H,5,7H2,1-3H3. The molecule has 0 spiro atoms. The zero-order chi connectivity index (χ0) is 14.5. The van der Waals surface area contributed by atoms with E-state index in [-0.39, 0.29) is 5.78 Å². The Morgan fingerprint density at radius 2 is 2.00 bits per heavy atom. The van der Waals surface area contributed by atoms with Crippen molar-refractivity contribution in [3.8, 4) is 11.5 Å². The SMILES string of the molecule is COc1ccc(C(=O)CCc2nccn2C)cc1OC. The Labute approximate surface area is 118 Å². The number of rotatable bonds is 6. The van der Waals surface area contributed by atoms with Crippen LogP contribution in [0.2, 0.25) is 0 Å². The van der Waals surface area contributed by atoms with Crippen LogP contribution in [0.15, 0.2) is 30.6 Å². The Kier molecular flexibility index (Phi) is 4.40. The molecule has 2 rings (SSSR count). The summed E-state index contributed by atoms with van der Waals surface area (Å²) in [5.41, 5.74) is 0.622. The molecule has 0 aliphatic heterocycles. The third-order valence-electron chi connectivity index (χ3n) is 3.20. The van der Waals surface area contributed by atoms with Gasteiger partial charge in [0.15, 0.2) is 17.3 Å². The number of hydrogen-bond donors (Lipinski definition) is 0. The highest BCUT2D eigenvalue weighted by molar-refractivity contribution is 5.96. The topological polar surface area (TPSA) is 53.3 Å². The number of aryl methyl sites for hydroxylation is 2. The minimum Gasteiger partial charge on any atom is -0.493 e. The Hall–Kier alpha value is -2.30. The van der Waals surface area contributed by atoms with Crippen molar-refractivity contribution in [1.82, 2.24) is 9.55 Å². The molecule has 0 amide bonds. The summed E-state index contributed by atoms with van der Waals surface area (Å²) in [6.07, 6.45) is 4.64. The van der Waals surface area contributed by atoms with Gasteiger partial charge in [-0.25, -0.2) is 4.98 Å². The van der Waals surface area contributed by atoms with E-state index < -0.39 is 0 Å². The van der Waals surface area contributed by atoms with Crippen molar-refractivity contribution in [1.29, 1.82) is 0 Å². The predicted octanol–water partition coefficient (Wildman–Crippen LogP) is 2.25. The number of hydrogen-bond acceptors (Lipinski definition) is 4. The Balaban J connectivity index is 2.07. The molecule has 0 aliphatic rings. The lowest BCUT2D eigenvalue weighted by molar-refractivity contribution is 0.0981. The van der Waals surface area contributed by atoms with Gasteiger partial charge in [0.2, 0.25) is 0 Å². The second-order valence-electron chi connectivity index (χ2n) is 4.45. The van der Waals surface area contributed by atoms with E-state index in [1.165, 1.54) is 0 Å². The number of imidazole rings is 1. The number of benzene rings is 1. The van der Waals surface area contributed by atoms with Crippen LogP contribution in [0, 0.1) is 0 Å². The lowest BCUT2D eigenvalue weighted by Gasteiger charge is -2.09. The number of carbonyl (C=O) groups excluding carboxylic acids is 1. The third-order valence-corrected chi connectivity index (χ3v) is 3.20. The van der Waals surface area contributed by atoms with Gasteiger partial charge in [-0.2, -0.15) is 0 Å². The highest BCUT2D eigenvalue weighted by Crippen LogP contribution is 2.28. The highest BCUT2D eigenvalue weighted by Gasteiger charge is 2.11. The largest absolute Gasteiger partial charge is 0.493 e. The molecular formula is C15H18N2O3. The Bertz CT molecular complexity index is 605. The summed E-state index contributed by atoms with van der Waals surface area (Å²) in [6.45, 7) is 0. The summed E-state index contributed by atoms with van der Waals surface area (Å²) in [5.74, 6) is 2.15. The van der Waals surface area contributed by atoms with Crippen LogP contribution in [0.25, 0.3) is 0 Å². The lowest BCUT2D eigenvalue weighted by atomic mass is 10.1.